The van der Waals surface area contributed by atoms with Gasteiger partial charge in [0.1, 0.15) is 5.41 Å². The quantitative estimate of drug-likeness (QED) is 0.777. The molecule has 0 heterocycles. The van der Waals surface area contributed by atoms with Gasteiger partial charge in [0.15, 0.2) is 0 Å². The summed E-state index contributed by atoms with van der Waals surface area (Å²) < 4.78 is 10.6. The number of ether oxygens (including phenoxy) is 2. The lowest BCUT2D eigenvalue weighted by Crippen LogP contribution is -2.45. The van der Waals surface area contributed by atoms with Crippen molar-refractivity contribution >= 4 is 5.97 Å². The molecule has 0 aliphatic heterocycles. The van der Waals surface area contributed by atoms with Crippen LogP contribution >= 0.6 is 0 Å². The minimum Gasteiger partial charge on any atom is -0.468 e. The zero-order valence-corrected chi connectivity index (χ0v) is 12.8. The van der Waals surface area contributed by atoms with Gasteiger partial charge in [-0.25, -0.2) is 0 Å². The van der Waals surface area contributed by atoms with E-state index in [0.717, 1.165) is 11.1 Å². The van der Waals surface area contributed by atoms with Gasteiger partial charge in [-0.1, -0.05) is 29.8 Å². The van der Waals surface area contributed by atoms with Crippen molar-refractivity contribution in [1.82, 2.24) is 0 Å². The molecule has 0 bridgehead atoms. The normalized spacial score (nSPS) is 14.1. The highest BCUT2D eigenvalue weighted by Crippen LogP contribution is 2.29. The van der Waals surface area contributed by atoms with Gasteiger partial charge in [-0.05, 0) is 32.8 Å². The summed E-state index contributed by atoms with van der Waals surface area (Å²) in [7, 11) is 1.39. The molecule has 0 amide bonds. The summed E-state index contributed by atoms with van der Waals surface area (Å²) in [5.74, 6) is -0.307. The van der Waals surface area contributed by atoms with Crippen molar-refractivity contribution in [2.24, 2.45) is 5.73 Å². The van der Waals surface area contributed by atoms with E-state index in [1.54, 1.807) is 0 Å². The summed E-state index contributed by atoms with van der Waals surface area (Å²) in [5.41, 5.74) is 7.07. The largest absolute Gasteiger partial charge is 0.468 e. The van der Waals surface area contributed by atoms with Gasteiger partial charge >= 0.3 is 5.97 Å². The molecule has 1 rings (SSSR count). The highest BCUT2D eigenvalue weighted by atomic mass is 16.5. The van der Waals surface area contributed by atoms with E-state index in [0.29, 0.717) is 13.0 Å². The molecular formula is C16H25NO3. The first kappa shape index (κ1) is 16.7. The fourth-order valence-electron chi connectivity index (χ4n) is 2.27. The van der Waals surface area contributed by atoms with Crippen molar-refractivity contribution in [1.29, 1.82) is 0 Å². The van der Waals surface area contributed by atoms with Gasteiger partial charge in [-0.3, -0.25) is 4.79 Å². The third-order valence-corrected chi connectivity index (χ3v) is 3.48. The van der Waals surface area contributed by atoms with Gasteiger partial charge in [0.25, 0.3) is 0 Å². The molecule has 4 heteroatoms. The van der Waals surface area contributed by atoms with Crippen LogP contribution in [-0.4, -0.2) is 32.3 Å². The van der Waals surface area contributed by atoms with Gasteiger partial charge in [-0.2, -0.15) is 0 Å². The van der Waals surface area contributed by atoms with Crippen molar-refractivity contribution in [2.75, 3.05) is 20.3 Å². The SMILES string of the molecule is COC(=O)C(CN)(CCOC(C)C)c1cccc(C)c1. The first-order valence-electron chi connectivity index (χ1n) is 6.93. The second-order valence-corrected chi connectivity index (χ2v) is 5.32. The molecule has 0 radical (unpaired) electrons. The van der Waals surface area contributed by atoms with Gasteiger partial charge in [-0.15, -0.1) is 0 Å². The summed E-state index contributed by atoms with van der Waals surface area (Å²) in [5, 5.41) is 0. The van der Waals surface area contributed by atoms with Gasteiger partial charge in [0, 0.05) is 13.2 Å². The Bertz CT molecular complexity index is 445. The van der Waals surface area contributed by atoms with Crippen LogP contribution in [0.2, 0.25) is 0 Å². The lowest BCUT2D eigenvalue weighted by molar-refractivity contribution is -0.148. The van der Waals surface area contributed by atoms with Crippen molar-refractivity contribution < 1.29 is 14.3 Å². The number of hydrogen-bond acceptors (Lipinski definition) is 4. The molecule has 1 aromatic carbocycles. The second kappa shape index (κ2) is 7.41. The molecule has 0 saturated heterocycles. The molecule has 0 aliphatic carbocycles. The highest BCUT2D eigenvalue weighted by Gasteiger charge is 2.40. The number of carbonyl (C=O) groups excluding carboxylic acids is 1. The van der Waals surface area contributed by atoms with E-state index in [4.69, 9.17) is 15.2 Å². The van der Waals surface area contributed by atoms with Gasteiger partial charge in [0.05, 0.1) is 13.2 Å². The maximum absolute atomic E-state index is 12.3. The van der Waals surface area contributed by atoms with Crippen LogP contribution in [0.25, 0.3) is 0 Å². The monoisotopic (exact) mass is 279 g/mol. The smallest absolute Gasteiger partial charge is 0.317 e. The molecule has 0 fully saturated rings. The summed E-state index contributed by atoms with van der Waals surface area (Å²) in [6.45, 7) is 6.60. The molecule has 4 nitrogen and oxygen atoms in total. The minimum atomic E-state index is -0.838. The topological polar surface area (TPSA) is 61.5 Å². The molecule has 0 aliphatic rings. The van der Waals surface area contributed by atoms with E-state index in [1.165, 1.54) is 7.11 Å². The molecule has 0 saturated carbocycles. The molecule has 1 atom stereocenters. The van der Waals surface area contributed by atoms with E-state index >= 15 is 0 Å². The van der Waals surface area contributed by atoms with Crippen LogP contribution < -0.4 is 5.73 Å². The van der Waals surface area contributed by atoms with E-state index < -0.39 is 5.41 Å². The van der Waals surface area contributed by atoms with Crippen molar-refractivity contribution in [3.63, 3.8) is 0 Å². The molecule has 20 heavy (non-hydrogen) atoms. The highest BCUT2D eigenvalue weighted by molar-refractivity contribution is 5.83. The van der Waals surface area contributed by atoms with Crippen molar-refractivity contribution in [3.8, 4) is 0 Å². The van der Waals surface area contributed by atoms with Gasteiger partial charge < -0.3 is 15.2 Å². The Morgan fingerprint density at radius 3 is 2.60 bits per heavy atom. The summed E-state index contributed by atoms with van der Waals surface area (Å²) in [6, 6.07) is 7.83. The third-order valence-electron chi connectivity index (χ3n) is 3.48. The van der Waals surface area contributed by atoms with Crippen LogP contribution in [0, 0.1) is 6.92 Å². The maximum Gasteiger partial charge on any atom is 0.317 e. The number of rotatable bonds is 7. The number of methoxy groups -OCH3 is 1. The summed E-state index contributed by atoms with van der Waals surface area (Å²) in [6.07, 6.45) is 0.637. The van der Waals surface area contributed by atoms with Crippen LogP contribution in [0.3, 0.4) is 0 Å². The van der Waals surface area contributed by atoms with Gasteiger partial charge in [0.2, 0.25) is 0 Å². The van der Waals surface area contributed by atoms with E-state index in [9.17, 15) is 4.79 Å². The second-order valence-electron chi connectivity index (χ2n) is 5.32. The fourth-order valence-corrected chi connectivity index (χ4v) is 2.27. The van der Waals surface area contributed by atoms with E-state index in [2.05, 4.69) is 0 Å². The Morgan fingerprint density at radius 1 is 1.40 bits per heavy atom. The zero-order chi connectivity index (χ0) is 15.2. The molecule has 112 valence electrons. The van der Waals surface area contributed by atoms with Crippen LogP contribution in [0.15, 0.2) is 24.3 Å². The van der Waals surface area contributed by atoms with E-state index in [1.807, 2.05) is 45.0 Å². The summed E-state index contributed by atoms with van der Waals surface area (Å²) in [4.78, 5) is 12.3. The Labute approximate surface area is 121 Å². The number of carbonyl (C=O) groups is 1. The zero-order valence-electron chi connectivity index (χ0n) is 12.8. The average Bonchev–Trinajstić information content (AvgIpc) is 2.42. The Balaban J connectivity index is 3.08. The van der Waals surface area contributed by atoms with Crippen LogP contribution in [-0.2, 0) is 19.7 Å². The third kappa shape index (κ3) is 3.81. The number of aryl methyl sites for hydroxylation is 1. The van der Waals surface area contributed by atoms with Crippen molar-refractivity contribution in [3.05, 3.63) is 35.4 Å². The number of nitrogens with two attached hydrogens (primary N) is 1. The Hall–Kier alpha value is -1.39. The molecule has 0 spiro atoms. The fraction of sp³-hybridized carbons (Fsp3) is 0.562. The minimum absolute atomic E-state index is 0.126. The number of hydrogen-bond donors (Lipinski definition) is 1. The number of benzene rings is 1. The Kier molecular flexibility index (Phi) is 6.17. The predicted octanol–water partition coefficient (Wildman–Crippen LogP) is 2.18. The van der Waals surface area contributed by atoms with Crippen molar-refractivity contribution in [2.45, 2.75) is 38.7 Å². The molecule has 0 aromatic heterocycles. The first-order valence-corrected chi connectivity index (χ1v) is 6.93. The molecule has 2 N–H and O–H groups in total. The lowest BCUT2D eigenvalue weighted by atomic mass is 9.77. The molecule has 1 unspecified atom stereocenters. The molecular weight excluding hydrogens is 254 g/mol. The maximum atomic E-state index is 12.3. The summed E-state index contributed by atoms with van der Waals surface area (Å²) >= 11 is 0. The average molecular weight is 279 g/mol. The molecule has 1 aromatic rings. The lowest BCUT2D eigenvalue weighted by Gasteiger charge is -2.30. The number of esters is 1. The van der Waals surface area contributed by atoms with Crippen LogP contribution in [0.1, 0.15) is 31.4 Å². The van der Waals surface area contributed by atoms with E-state index in [-0.39, 0.29) is 18.6 Å². The standard InChI is InChI=1S/C16H25NO3/c1-12(2)20-9-8-16(11-17,15(18)19-4)14-7-5-6-13(3)10-14/h5-7,10,12H,8-9,11,17H2,1-4H3. The van der Waals surface area contributed by atoms with Crippen LogP contribution in [0.4, 0.5) is 0 Å². The predicted molar refractivity (Wildman–Crippen MR) is 79.6 cm³/mol. The Morgan fingerprint density at radius 2 is 2.10 bits per heavy atom. The first-order chi connectivity index (χ1) is 9.46. The van der Waals surface area contributed by atoms with Crippen LogP contribution in [0.5, 0.6) is 0 Å².